The van der Waals surface area contributed by atoms with E-state index in [1.165, 1.54) is 5.56 Å². The standard InChI is InChI=1S/C16H21N3O3S2/c1-12-4-3-5-14(10-12)22-7-8-23-16-18-17-15(19(16)2)13-6-9-24(20,21)11-13/h3-5,10,13H,6-9,11H2,1-2H3. The van der Waals surface area contributed by atoms with Gasteiger partial charge in [-0.25, -0.2) is 8.42 Å². The number of aryl methyl sites for hydroxylation is 1. The van der Waals surface area contributed by atoms with Crippen LogP contribution >= 0.6 is 11.8 Å². The third kappa shape index (κ3) is 4.10. The first-order chi connectivity index (χ1) is 11.4. The zero-order valence-electron chi connectivity index (χ0n) is 13.8. The lowest BCUT2D eigenvalue weighted by molar-refractivity contribution is 0.343. The van der Waals surface area contributed by atoms with Crippen molar-refractivity contribution in [2.24, 2.45) is 7.05 Å². The molecule has 24 heavy (non-hydrogen) atoms. The summed E-state index contributed by atoms with van der Waals surface area (Å²) in [5.74, 6) is 2.77. The molecular formula is C16H21N3O3S2. The van der Waals surface area contributed by atoms with Gasteiger partial charge in [0.25, 0.3) is 0 Å². The highest BCUT2D eigenvalue weighted by atomic mass is 32.2. The highest BCUT2D eigenvalue weighted by Gasteiger charge is 2.32. The summed E-state index contributed by atoms with van der Waals surface area (Å²) in [5, 5.41) is 9.18. The molecule has 1 aliphatic heterocycles. The van der Waals surface area contributed by atoms with E-state index >= 15 is 0 Å². The molecule has 1 aromatic carbocycles. The molecule has 1 aromatic heterocycles. The van der Waals surface area contributed by atoms with Crippen molar-refractivity contribution in [3.63, 3.8) is 0 Å². The Hall–Kier alpha value is -1.54. The lowest BCUT2D eigenvalue weighted by Crippen LogP contribution is -2.09. The first kappa shape index (κ1) is 17.3. The number of rotatable bonds is 6. The minimum absolute atomic E-state index is 0.0367. The Morgan fingerprint density at radius 2 is 2.21 bits per heavy atom. The van der Waals surface area contributed by atoms with E-state index in [2.05, 4.69) is 10.2 Å². The maximum Gasteiger partial charge on any atom is 0.191 e. The van der Waals surface area contributed by atoms with Gasteiger partial charge in [0, 0.05) is 18.7 Å². The minimum atomic E-state index is -2.91. The average molecular weight is 367 g/mol. The van der Waals surface area contributed by atoms with Crippen molar-refractivity contribution in [3.8, 4) is 5.75 Å². The third-order valence-electron chi connectivity index (χ3n) is 4.04. The maximum atomic E-state index is 11.6. The van der Waals surface area contributed by atoms with Gasteiger partial charge < -0.3 is 9.30 Å². The molecule has 6 nitrogen and oxygen atoms in total. The SMILES string of the molecule is Cc1cccc(OCCSc2nnc(C3CCS(=O)(=O)C3)n2C)c1. The van der Waals surface area contributed by atoms with Gasteiger partial charge in [-0.2, -0.15) is 0 Å². The molecule has 0 amide bonds. The van der Waals surface area contributed by atoms with Crippen LogP contribution in [0.1, 0.15) is 23.7 Å². The second-order valence-electron chi connectivity index (χ2n) is 6.01. The first-order valence-electron chi connectivity index (χ1n) is 7.86. The molecule has 0 radical (unpaired) electrons. The molecule has 1 saturated heterocycles. The van der Waals surface area contributed by atoms with Gasteiger partial charge in [0.2, 0.25) is 0 Å². The average Bonchev–Trinajstić information content (AvgIpc) is 3.06. The lowest BCUT2D eigenvalue weighted by Gasteiger charge is -2.08. The Morgan fingerprint density at radius 1 is 1.38 bits per heavy atom. The van der Waals surface area contributed by atoms with E-state index in [1.54, 1.807) is 11.8 Å². The zero-order valence-corrected chi connectivity index (χ0v) is 15.4. The molecule has 0 N–H and O–H groups in total. The summed E-state index contributed by atoms with van der Waals surface area (Å²) in [6.07, 6.45) is 0.634. The van der Waals surface area contributed by atoms with Crippen molar-refractivity contribution in [1.82, 2.24) is 14.8 Å². The van der Waals surface area contributed by atoms with Crippen molar-refractivity contribution >= 4 is 21.6 Å². The Bertz CT molecular complexity index is 818. The van der Waals surface area contributed by atoms with Crippen molar-refractivity contribution in [2.45, 2.75) is 24.4 Å². The smallest absolute Gasteiger partial charge is 0.191 e. The number of benzene rings is 1. The van der Waals surface area contributed by atoms with Gasteiger partial charge in [-0.15, -0.1) is 10.2 Å². The monoisotopic (exact) mass is 367 g/mol. The zero-order chi connectivity index (χ0) is 17.2. The van der Waals surface area contributed by atoms with Gasteiger partial charge in [0.05, 0.1) is 18.1 Å². The number of sulfone groups is 1. The van der Waals surface area contributed by atoms with Crippen molar-refractivity contribution in [3.05, 3.63) is 35.7 Å². The number of aromatic nitrogens is 3. The van der Waals surface area contributed by atoms with Crippen LogP contribution in [-0.2, 0) is 16.9 Å². The number of hydrogen-bond donors (Lipinski definition) is 0. The fourth-order valence-corrected chi connectivity index (χ4v) is 5.28. The summed E-state index contributed by atoms with van der Waals surface area (Å²) in [7, 11) is -1.02. The molecule has 8 heteroatoms. The molecule has 3 rings (SSSR count). The highest BCUT2D eigenvalue weighted by Crippen LogP contribution is 2.29. The van der Waals surface area contributed by atoms with Crippen LogP contribution in [0.25, 0.3) is 0 Å². The van der Waals surface area contributed by atoms with Gasteiger partial charge in [-0.05, 0) is 31.0 Å². The molecule has 1 aliphatic rings. The normalized spacial score (nSPS) is 19.5. The summed E-state index contributed by atoms with van der Waals surface area (Å²) in [6.45, 7) is 2.61. The second kappa shape index (κ2) is 7.14. The number of thioether (sulfide) groups is 1. The van der Waals surface area contributed by atoms with E-state index in [0.29, 0.717) is 13.0 Å². The predicted octanol–water partition coefficient (Wildman–Crippen LogP) is 2.20. The maximum absolute atomic E-state index is 11.6. The van der Waals surface area contributed by atoms with Gasteiger partial charge in [-0.1, -0.05) is 23.9 Å². The quantitative estimate of drug-likeness (QED) is 0.576. The summed E-state index contributed by atoms with van der Waals surface area (Å²) >= 11 is 1.56. The van der Waals surface area contributed by atoms with Crippen LogP contribution < -0.4 is 4.74 Å². The molecule has 1 fully saturated rings. The van der Waals surface area contributed by atoms with Crippen molar-refractivity contribution in [1.29, 1.82) is 0 Å². The Labute approximate surface area is 146 Å². The van der Waals surface area contributed by atoms with E-state index in [1.807, 2.05) is 42.8 Å². The number of nitrogens with zero attached hydrogens (tertiary/aromatic N) is 3. The van der Waals surface area contributed by atoms with Crippen LogP contribution in [0.4, 0.5) is 0 Å². The summed E-state index contributed by atoms with van der Waals surface area (Å²) < 4.78 is 30.9. The van der Waals surface area contributed by atoms with E-state index < -0.39 is 9.84 Å². The highest BCUT2D eigenvalue weighted by molar-refractivity contribution is 7.99. The molecule has 2 aromatic rings. The molecule has 0 aliphatic carbocycles. The van der Waals surface area contributed by atoms with Gasteiger partial charge in [0.15, 0.2) is 15.0 Å². The predicted molar refractivity (Wildman–Crippen MR) is 94.4 cm³/mol. The Kier molecular flexibility index (Phi) is 5.15. The van der Waals surface area contributed by atoms with Crippen LogP contribution in [0.15, 0.2) is 29.4 Å². The van der Waals surface area contributed by atoms with Crippen molar-refractivity contribution < 1.29 is 13.2 Å². The van der Waals surface area contributed by atoms with Crippen LogP contribution in [0.3, 0.4) is 0 Å². The number of ether oxygens (including phenoxy) is 1. The Balaban J connectivity index is 1.53. The molecule has 0 spiro atoms. The van der Waals surface area contributed by atoms with E-state index in [4.69, 9.17) is 4.74 Å². The van der Waals surface area contributed by atoms with Gasteiger partial charge in [0.1, 0.15) is 11.6 Å². The molecule has 1 atom stereocenters. The van der Waals surface area contributed by atoms with E-state index in [9.17, 15) is 8.42 Å². The van der Waals surface area contributed by atoms with Crippen LogP contribution in [0, 0.1) is 6.92 Å². The molecule has 130 valence electrons. The first-order valence-corrected chi connectivity index (χ1v) is 10.7. The number of hydrogen-bond acceptors (Lipinski definition) is 6. The van der Waals surface area contributed by atoms with E-state index in [0.717, 1.165) is 22.5 Å². The molecule has 2 heterocycles. The molecule has 1 unspecified atom stereocenters. The summed E-state index contributed by atoms with van der Waals surface area (Å²) in [5.41, 5.74) is 1.17. The topological polar surface area (TPSA) is 74.1 Å². The van der Waals surface area contributed by atoms with Crippen LogP contribution in [0.5, 0.6) is 5.75 Å². The summed E-state index contributed by atoms with van der Waals surface area (Å²) in [6, 6.07) is 7.96. The lowest BCUT2D eigenvalue weighted by atomic mass is 10.1. The van der Waals surface area contributed by atoms with Crippen LogP contribution in [0.2, 0.25) is 0 Å². The largest absolute Gasteiger partial charge is 0.493 e. The minimum Gasteiger partial charge on any atom is -0.493 e. The van der Waals surface area contributed by atoms with Gasteiger partial charge >= 0.3 is 0 Å². The molecule has 0 bridgehead atoms. The summed E-state index contributed by atoms with van der Waals surface area (Å²) in [4.78, 5) is 0. The second-order valence-corrected chi connectivity index (χ2v) is 9.30. The van der Waals surface area contributed by atoms with Crippen molar-refractivity contribution in [2.75, 3.05) is 23.9 Å². The fourth-order valence-electron chi connectivity index (χ4n) is 2.80. The van der Waals surface area contributed by atoms with Gasteiger partial charge in [-0.3, -0.25) is 0 Å². The third-order valence-corrected chi connectivity index (χ3v) is 6.79. The fraction of sp³-hybridized carbons (Fsp3) is 0.500. The molecular weight excluding hydrogens is 346 g/mol. The Morgan fingerprint density at radius 3 is 2.92 bits per heavy atom. The van der Waals surface area contributed by atoms with E-state index in [-0.39, 0.29) is 17.4 Å². The molecule has 0 saturated carbocycles. The van der Waals surface area contributed by atoms with Crippen LogP contribution in [-0.4, -0.2) is 47.0 Å².